The molecule has 1 aromatic rings. The second-order valence-corrected chi connectivity index (χ2v) is 13.2. The maximum absolute atomic E-state index is 14.2. The lowest BCUT2D eigenvalue weighted by molar-refractivity contribution is -0.142. The van der Waals surface area contributed by atoms with Crippen molar-refractivity contribution >= 4 is 47.6 Å². The number of thioether (sulfide) groups is 1. The molecule has 230 valence electrons. The molecule has 9 nitrogen and oxygen atoms in total. The van der Waals surface area contributed by atoms with E-state index in [1.807, 2.05) is 42.7 Å². The van der Waals surface area contributed by atoms with Crippen LogP contribution in [0.15, 0.2) is 41.3 Å². The molecule has 4 heterocycles. The standard InChI is InChI=1S/C31H42N4O5S.ClH/c1-19-6-4-9-23(20(19)2)33-29(37)27-31-11-10-24(40-31)25(28(36)32-21-7-5-8-22(18-21)41-3)26(31)30(38)35(27)13-12-34-14-16-39-17-15-34;/h5,7-8,10-11,18-20,23-27H,4,6,9,12-17H2,1-3H3,(H,32,36)(H,33,37);1H/t19?,20?,23?,24-,25?,26-,27?,31?;/m0./s1. The van der Waals surface area contributed by atoms with Crippen LogP contribution in [-0.2, 0) is 23.9 Å². The van der Waals surface area contributed by atoms with Gasteiger partial charge in [0, 0.05) is 42.8 Å². The molecule has 5 aliphatic rings. The van der Waals surface area contributed by atoms with Gasteiger partial charge in [-0.05, 0) is 42.7 Å². The van der Waals surface area contributed by atoms with Gasteiger partial charge in [0.05, 0.1) is 31.2 Å². The second-order valence-electron chi connectivity index (χ2n) is 12.3. The summed E-state index contributed by atoms with van der Waals surface area (Å²) >= 11 is 1.60. The van der Waals surface area contributed by atoms with Crippen molar-refractivity contribution in [3.8, 4) is 0 Å². The molecule has 4 aliphatic heterocycles. The lowest BCUT2D eigenvalue weighted by atomic mass is 9.73. The first-order valence-corrected chi connectivity index (χ1v) is 16.3. The molecule has 42 heavy (non-hydrogen) atoms. The predicted molar refractivity (Wildman–Crippen MR) is 165 cm³/mol. The summed E-state index contributed by atoms with van der Waals surface area (Å²) in [4.78, 5) is 47.2. The summed E-state index contributed by atoms with van der Waals surface area (Å²) in [6.07, 6.45) is 8.39. The summed E-state index contributed by atoms with van der Waals surface area (Å²) in [7, 11) is 0. The van der Waals surface area contributed by atoms with E-state index < -0.39 is 29.6 Å². The summed E-state index contributed by atoms with van der Waals surface area (Å²) in [6.45, 7) is 8.41. The highest BCUT2D eigenvalue weighted by atomic mass is 35.5. The fourth-order valence-electron chi connectivity index (χ4n) is 7.56. The third-order valence-corrected chi connectivity index (χ3v) is 10.8. The van der Waals surface area contributed by atoms with E-state index in [2.05, 4.69) is 29.4 Å². The van der Waals surface area contributed by atoms with Gasteiger partial charge < -0.3 is 25.0 Å². The van der Waals surface area contributed by atoms with Crippen molar-refractivity contribution in [2.75, 3.05) is 51.0 Å². The molecule has 1 spiro atoms. The summed E-state index contributed by atoms with van der Waals surface area (Å²) in [5.41, 5.74) is -0.462. The van der Waals surface area contributed by atoms with Crippen molar-refractivity contribution in [1.82, 2.24) is 15.1 Å². The van der Waals surface area contributed by atoms with Gasteiger partial charge >= 0.3 is 0 Å². The van der Waals surface area contributed by atoms with Crippen molar-refractivity contribution in [3.05, 3.63) is 36.4 Å². The third kappa shape index (κ3) is 5.61. The van der Waals surface area contributed by atoms with Crippen LogP contribution < -0.4 is 10.6 Å². The molecule has 3 saturated heterocycles. The number of nitrogens with one attached hydrogen (secondary N) is 2. The number of anilines is 1. The number of rotatable bonds is 8. The molecule has 8 atom stereocenters. The van der Waals surface area contributed by atoms with Crippen LogP contribution in [-0.4, -0.2) is 97.0 Å². The lowest BCUT2D eigenvalue weighted by Crippen LogP contribution is -2.58. The van der Waals surface area contributed by atoms with Gasteiger partial charge in [-0.2, -0.15) is 0 Å². The van der Waals surface area contributed by atoms with Gasteiger partial charge in [-0.15, -0.1) is 24.2 Å². The largest absolute Gasteiger partial charge is 0.379 e. The van der Waals surface area contributed by atoms with Crippen LogP contribution in [0.25, 0.3) is 0 Å². The fraction of sp³-hybridized carbons (Fsp3) is 0.645. The first-order chi connectivity index (χ1) is 19.8. The number of nitrogens with zero attached hydrogens (tertiary/aromatic N) is 2. The lowest BCUT2D eigenvalue weighted by Gasteiger charge is -2.38. The van der Waals surface area contributed by atoms with E-state index >= 15 is 0 Å². The van der Waals surface area contributed by atoms with E-state index in [1.54, 1.807) is 16.7 Å². The average molecular weight is 619 g/mol. The van der Waals surface area contributed by atoms with Crippen LogP contribution in [0.4, 0.5) is 5.69 Å². The topological polar surface area (TPSA) is 100 Å². The molecule has 0 aromatic heterocycles. The Kier molecular flexibility index (Phi) is 9.59. The van der Waals surface area contributed by atoms with Gasteiger partial charge in [-0.3, -0.25) is 19.3 Å². The molecule has 4 fully saturated rings. The molecule has 1 aromatic carbocycles. The van der Waals surface area contributed by atoms with Crippen LogP contribution in [0.1, 0.15) is 33.1 Å². The van der Waals surface area contributed by atoms with Gasteiger partial charge in [-0.25, -0.2) is 0 Å². The van der Waals surface area contributed by atoms with Crippen molar-refractivity contribution in [3.63, 3.8) is 0 Å². The number of likely N-dealkylation sites (tertiary alicyclic amines) is 1. The highest BCUT2D eigenvalue weighted by Gasteiger charge is 2.72. The number of carbonyl (C=O) groups is 3. The predicted octanol–water partition coefficient (Wildman–Crippen LogP) is 3.19. The SMILES string of the molecule is CSc1cccc(NC(=O)C2[C@@H]3C=CC4(O3)C(C(=O)NC3CCCC(C)C3C)N(CCN3CCOCC3)C(=O)[C@H]24)c1.Cl. The molecule has 6 unspecified atom stereocenters. The van der Waals surface area contributed by atoms with Crippen molar-refractivity contribution in [2.24, 2.45) is 23.7 Å². The Morgan fingerprint density at radius 2 is 1.90 bits per heavy atom. The Morgan fingerprint density at radius 3 is 2.67 bits per heavy atom. The van der Waals surface area contributed by atoms with E-state index in [1.165, 1.54) is 0 Å². The van der Waals surface area contributed by atoms with E-state index in [9.17, 15) is 14.4 Å². The summed E-state index contributed by atoms with van der Waals surface area (Å²) < 4.78 is 12.0. The number of ether oxygens (including phenoxy) is 2. The average Bonchev–Trinajstić information content (AvgIpc) is 3.62. The summed E-state index contributed by atoms with van der Waals surface area (Å²) in [5.74, 6) is -1.17. The molecule has 2 N–H and O–H groups in total. The van der Waals surface area contributed by atoms with E-state index in [-0.39, 0.29) is 36.2 Å². The van der Waals surface area contributed by atoms with Gasteiger partial charge in [-0.1, -0.05) is 44.9 Å². The minimum Gasteiger partial charge on any atom is -0.379 e. The maximum Gasteiger partial charge on any atom is 0.246 e. The Morgan fingerprint density at radius 1 is 1.12 bits per heavy atom. The number of hydrogen-bond donors (Lipinski definition) is 2. The normalized spacial score (nSPS) is 35.5. The number of hydrogen-bond acceptors (Lipinski definition) is 7. The van der Waals surface area contributed by atoms with Crippen molar-refractivity contribution in [2.45, 2.75) is 61.8 Å². The number of carbonyl (C=O) groups excluding carboxylic acids is 3. The monoisotopic (exact) mass is 618 g/mol. The molecule has 11 heteroatoms. The smallest absolute Gasteiger partial charge is 0.246 e. The third-order valence-electron chi connectivity index (χ3n) is 10.1. The number of amides is 3. The molecule has 1 saturated carbocycles. The molecule has 1 aliphatic carbocycles. The van der Waals surface area contributed by atoms with Gasteiger partial charge in [0.2, 0.25) is 17.7 Å². The van der Waals surface area contributed by atoms with Crippen LogP contribution in [0.2, 0.25) is 0 Å². The van der Waals surface area contributed by atoms with Crippen molar-refractivity contribution < 1.29 is 23.9 Å². The van der Waals surface area contributed by atoms with Crippen molar-refractivity contribution in [1.29, 1.82) is 0 Å². The van der Waals surface area contributed by atoms with Crippen LogP contribution in [0.3, 0.4) is 0 Å². The van der Waals surface area contributed by atoms with Gasteiger partial charge in [0.25, 0.3) is 0 Å². The van der Waals surface area contributed by atoms with Crippen LogP contribution in [0, 0.1) is 23.7 Å². The van der Waals surface area contributed by atoms with Gasteiger partial charge in [0.1, 0.15) is 11.6 Å². The summed E-state index contributed by atoms with van der Waals surface area (Å²) in [6, 6.07) is 6.92. The Balaban J connectivity index is 0.00000353. The van der Waals surface area contributed by atoms with E-state index in [0.29, 0.717) is 43.8 Å². The number of benzene rings is 1. The summed E-state index contributed by atoms with van der Waals surface area (Å²) in [5, 5.41) is 6.37. The molecule has 3 amide bonds. The molecule has 6 rings (SSSR count). The minimum atomic E-state index is -1.15. The Bertz CT molecular complexity index is 1210. The molecular formula is C31H43ClN4O5S. The highest BCUT2D eigenvalue weighted by Crippen LogP contribution is 2.55. The van der Waals surface area contributed by atoms with Gasteiger partial charge in [0.15, 0.2) is 0 Å². The van der Waals surface area contributed by atoms with Crippen LogP contribution in [0.5, 0.6) is 0 Å². The minimum absolute atomic E-state index is 0. The maximum atomic E-state index is 14.2. The Labute approximate surface area is 258 Å². The first-order valence-electron chi connectivity index (χ1n) is 15.1. The van der Waals surface area contributed by atoms with Crippen LogP contribution >= 0.6 is 24.2 Å². The van der Waals surface area contributed by atoms with E-state index in [0.717, 1.165) is 37.2 Å². The zero-order valence-electron chi connectivity index (χ0n) is 24.6. The highest BCUT2D eigenvalue weighted by molar-refractivity contribution is 7.98. The number of fused-ring (bicyclic) bond motifs is 1. The van der Waals surface area contributed by atoms with E-state index in [4.69, 9.17) is 9.47 Å². The second kappa shape index (κ2) is 12.9. The zero-order chi connectivity index (χ0) is 28.7. The Hall–Kier alpha value is -2.11. The molecular weight excluding hydrogens is 576 g/mol. The first kappa shape index (κ1) is 31.3. The number of morpholine rings is 1. The molecule has 0 radical (unpaired) electrons. The zero-order valence-corrected chi connectivity index (χ0v) is 26.3. The number of halogens is 1. The molecule has 2 bridgehead atoms. The fourth-order valence-corrected chi connectivity index (χ4v) is 8.02. The quantitative estimate of drug-likeness (QED) is 0.341.